The van der Waals surface area contributed by atoms with E-state index in [2.05, 4.69) is 32.7 Å². The Morgan fingerprint density at radius 2 is 2.12 bits per heavy atom. The van der Waals surface area contributed by atoms with Crippen molar-refractivity contribution in [2.24, 2.45) is 0 Å². The summed E-state index contributed by atoms with van der Waals surface area (Å²) >= 11 is 2.11. The molecule has 0 aliphatic rings. The largest absolute Gasteiger partial charge is 0.262 e. The van der Waals surface area contributed by atoms with Crippen molar-refractivity contribution in [2.45, 2.75) is 0 Å². The number of fused-ring (bicyclic) bond motifs is 1. The van der Waals surface area contributed by atoms with Gasteiger partial charge in [0, 0.05) is 21.2 Å². The van der Waals surface area contributed by atoms with Crippen molar-refractivity contribution in [3.63, 3.8) is 0 Å². The summed E-state index contributed by atoms with van der Waals surface area (Å²) < 4.78 is 16.0. The highest BCUT2D eigenvalue weighted by atomic mass is 127. The molecule has 0 bridgehead atoms. The first kappa shape index (κ1) is 10.6. The number of aromatic nitrogens is 3. The van der Waals surface area contributed by atoms with Gasteiger partial charge in [-0.25, -0.2) is 9.07 Å². The molecule has 3 nitrogen and oxygen atoms in total. The molecular weight excluding hydrogens is 332 g/mol. The third kappa shape index (κ3) is 1.80. The smallest absolute Gasteiger partial charge is 0.126 e. The van der Waals surface area contributed by atoms with Crippen LogP contribution in [0.3, 0.4) is 0 Å². The van der Waals surface area contributed by atoms with Gasteiger partial charge in [0.2, 0.25) is 0 Å². The van der Waals surface area contributed by atoms with Crippen LogP contribution in [-0.4, -0.2) is 14.8 Å². The van der Waals surface area contributed by atoms with Gasteiger partial charge in [0.05, 0.1) is 23.6 Å². The lowest BCUT2D eigenvalue weighted by Gasteiger charge is -2.03. The van der Waals surface area contributed by atoms with Crippen LogP contribution >= 0.6 is 22.6 Å². The molecule has 3 aromatic rings. The number of benzene rings is 1. The van der Waals surface area contributed by atoms with Gasteiger partial charge < -0.3 is 0 Å². The second-order valence-corrected chi connectivity index (χ2v) is 4.75. The number of halogens is 2. The van der Waals surface area contributed by atoms with Gasteiger partial charge in [-0.1, -0.05) is 0 Å². The fraction of sp³-hybridized carbons (Fsp3) is 0. The van der Waals surface area contributed by atoms with Gasteiger partial charge in [-0.2, -0.15) is 5.10 Å². The Balaban J connectivity index is 2.32. The molecule has 2 aromatic heterocycles. The maximum atomic E-state index is 13.4. The molecule has 0 saturated heterocycles. The lowest BCUT2D eigenvalue weighted by atomic mass is 10.2. The lowest BCUT2D eigenvalue weighted by molar-refractivity contribution is 0.628. The molecule has 84 valence electrons. The van der Waals surface area contributed by atoms with Gasteiger partial charge in [0.15, 0.2) is 0 Å². The maximum Gasteiger partial charge on any atom is 0.126 e. The minimum atomic E-state index is -0.257. The predicted molar refractivity (Wildman–Crippen MR) is 71.5 cm³/mol. The minimum Gasteiger partial charge on any atom is -0.262 e. The second-order valence-electron chi connectivity index (χ2n) is 3.59. The topological polar surface area (TPSA) is 30.7 Å². The van der Waals surface area contributed by atoms with Crippen molar-refractivity contribution >= 4 is 33.5 Å². The molecular formula is C12H7FIN3. The van der Waals surface area contributed by atoms with Crippen molar-refractivity contribution in [3.05, 3.63) is 52.2 Å². The minimum absolute atomic E-state index is 0.257. The van der Waals surface area contributed by atoms with E-state index >= 15 is 0 Å². The summed E-state index contributed by atoms with van der Waals surface area (Å²) in [6, 6.07) is 6.69. The SMILES string of the molecule is Fc1cc(I)c2cnn(-c3cccnc3)c2c1. The summed E-state index contributed by atoms with van der Waals surface area (Å²) in [6.07, 6.45) is 5.13. The summed E-state index contributed by atoms with van der Waals surface area (Å²) in [5.74, 6) is -0.257. The van der Waals surface area contributed by atoms with Crippen molar-refractivity contribution in [3.8, 4) is 5.69 Å². The first-order chi connectivity index (χ1) is 8.25. The van der Waals surface area contributed by atoms with Gasteiger partial charge in [0.1, 0.15) is 5.82 Å². The highest BCUT2D eigenvalue weighted by molar-refractivity contribution is 14.1. The van der Waals surface area contributed by atoms with Crippen LogP contribution in [0.15, 0.2) is 42.9 Å². The van der Waals surface area contributed by atoms with Crippen LogP contribution in [0.2, 0.25) is 0 Å². The molecule has 0 spiro atoms. The van der Waals surface area contributed by atoms with Crippen molar-refractivity contribution < 1.29 is 4.39 Å². The molecule has 0 aliphatic carbocycles. The summed E-state index contributed by atoms with van der Waals surface area (Å²) in [5, 5.41) is 5.21. The molecule has 1 aromatic carbocycles. The molecule has 5 heteroatoms. The van der Waals surface area contributed by atoms with Gasteiger partial charge in [-0.15, -0.1) is 0 Å². The average Bonchev–Trinajstić information content (AvgIpc) is 2.74. The Kier molecular flexibility index (Phi) is 2.54. The Labute approximate surface area is 110 Å². The third-order valence-corrected chi connectivity index (χ3v) is 3.39. The van der Waals surface area contributed by atoms with Gasteiger partial charge in [-0.3, -0.25) is 4.98 Å². The highest BCUT2D eigenvalue weighted by Crippen LogP contribution is 2.24. The van der Waals surface area contributed by atoms with Crippen LogP contribution in [0, 0.1) is 9.39 Å². The molecule has 0 atom stereocenters. The zero-order chi connectivity index (χ0) is 11.8. The van der Waals surface area contributed by atoms with Crippen LogP contribution in [-0.2, 0) is 0 Å². The van der Waals surface area contributed by atoms with E-state index in [4.69, 9.17) is 0 Å². The first-order valence-electron chi connectivity index (χ1n) is 4.99. The van der Waals surface area contributed by atoms with Crippen LogP contribution in [0.25, 0.3) is 16.6 Å². The fourth-order valence-corrected chi connectivity index (χ4v) is 2.45. The van der Waals surface area contributed by atoms with E-state index in [1.54, 1.807) is 23.3 Å². The molecule has 2 heterocycles. The summed E-state index contributed by atoms with van der Waals surface area (Å²) in [7, 11) is 0. The van der Waals surface area contributed by atoms with Crippen molar-refractivity contribution in [2.75, 3.05) is 0 Å². The quantitative estimate of drug-likeness (QED) is 0.638. The molecule has 0 fully saturated rings. The van der Waals surface area contributed by atoms with Gasteiger partial charge in [0.25, 0.3) is 0 Å². The van der Waals surface area contributed by atoms with Crippen LogP contribution < -0.4 is 0 Å². The Morgan fingerprint density at radius 3 is 2.88 bits per heavy atom. The zero-order valence-corrected chi connectivity index (χ0v) is 10.8. The third-order valence-electron chi connectivity index (χ3n) is 2.49. The second kappa shape index (κ2) is 4.06. The fourth-order valence-electron chi connectivity index (χ4n) is 1.74. The van der Waals surface area contributed by atoms with E-state index in [1.165, 1.54) is 12.1 Å². The number of hydrogen-bond acceptors (Lipinski definition) is 2. The van der Waals surface area contributed by atoms with Gasteiger partial charge >= 0.3 is 0 Å². The molecule has 0 unspecified atom stereocenters. The number of rotatable bonds is 1. The van der Waals surface area contributed by atoms with E-state index in [0.717, 1.165) is 20.2 Å². The Hall–Kier alpha value is -1.50. The van der Waals surface area contributed by atoms with Crippen LogP contribution in [0.4, 0.5) is 4.39 Å². The number of hydrogen-bond donors (Lipinski definition) is 0. The van der Waals surface area contributed by atoms with Crippen LogP contribution in [0.1, 0.15) is 0 Å². The molecule has 3 rings (SSSR count). The van der Waals surface area contributed by atoms with Gasteiger partial charge in [-0.05, 0) is 40.8 Å². The Bertz CT molecular complexity index is 679. The molecule has 0 saturated carbocycles. The predicted octanol–water partition coefficient (Wildman–Crippen LogP) is 3.16. The molecule has 0 aliphatic heterocycles. The molecule has 0 radical (unpaired) electrons. The average molecular weight is 339 g/mol. The van der Waals surface area contributed by atoms with E-state index in [1.807, 2.05) is 12.1 Å². The van der Waals surface area contributed by atoms with Crippen LogP contribution in [0.5, 0.6) is 0 Å². The molecule has 0 N–H and O–H groups in total. The summed E-state index contributed by atoms with van der Waals surface area (Å²) in [4.78, 5) is 4.04. The normalized spacial score (nSPS) is 10.9. The maximum absolute atomic E-state index is 13.4. The van der Waals surface area contributed by atoms with E-state index < -0.39 is 0 Å². The number of pyridine rings is 1. The van der Waals surface area contributed by atoms with Crippen molar-refractivity contribution in [1.29, 1.82) is 0 Å². The zero-order valence-electron chi connectivity index (χ0n) is 8.64. The highest BCUT2D eigenvalue weighted by Gasteiger charge is 2.09. The monoisotopic (exact) mass is 339 g/mol. The standard InChI is InChI=1S/C12H7FIN3/c13-8-4-11(14)10-7-16-17(12(10)5-8)9-2-1-3-15-6-9/h1-7H. The first-order valence-corrected chi connectivity index (χ1v) is 6.07. The molecule has 0 amide bonds. The molecule has 17 heavy (non-hydrogen) atoms. The number of nitrogens with zero attached hydrogens (tertiary/aromatic N) is 3. The Morgan fingerprint density at radius 1 is 1.24 bits per heavy atom. The summed E-state index contributed by atoms with van der Waals surface area (Å²) in [6.45, 7) is 0. The van der Waals surface area contributed by atoms with E-state index in [9.17, 15) is 4.39 Å². The van der Waals surface area contributed by atoms with Crippen molar-refractivity contribution in [1.82, 2.24) is 14.8 Å². The van der Waals surface area contributed by atoms with E-state index in [0.29, 0.717) is 0 Å². The lowest BCUT2D eigenvalue weighted by Crippen LogP contribution is -1.96. The summed E-state index contributed by atoms with van der Waals surface area (Å²) in [5.41, 5.74) is 1.58. The van der Waals surface area contributed by atoms with E-state index in [-0.39, 0.29) is 5.82 Å².